The Kier molecular flexibility index (Phi) is 4.02. The number of aromatic nitrogens is 1. The van der Waals surface area contributed by atoms with E-state index in [0.29, 0.717) is 0 Å². The van der Waals surface area contributed by atoms with E-state index in [0.717, 1.165) is 30.5 Å². The SMILES string of the molecule is CC(NC(=O)c1ccc(F)nc1)c1cc(F)ccc1F. The maximum Gasteiger partial charge on any atom is 0.253 e. The first-order valence-corrected chi connectivity index (χ1v) is 5.84. The maximum atomic E-state index is 13.5. The Balaban J connectivity index is 2.15. The normalized spacial score (nSPS) is 12.0. The number of rotatable bonds is 3. The molecule has 3 nitrogen and oxygen atoms in total. The molecule has 0 aliphatic rings. The third-order valence-electron chi connectivity index (χ3n) is 2.76. The van der Waals surface area contributed by atoms with Gasteiger partial charge in [-0.3, -0.25) is 4.79 Å². The van der Waals surface area contributed by atoms with Crippen molar-refractivity contribution in [3.05, 3.63) is 65.2 Å². The van der Waals surface area contributed by atoms with Crippen LogP contribution in [0.15, 0.2) is 36.5 Å². The molecule has 1 aromatic heterocycles. The van der Waals surface area contributed by atoms with Gasteiger partial charge in [0.1, 0.15) is 11.6 Å². The lowest BCUT2D eigenvalue weighted by molar-refractivity contribution is 0.0939. The van der Waals surface area contributed by atoms with Crippen molar-refractivity contribution in [3.63, 3.8) is 0 Å². The Hall–Kier alpha value is -2.37. The van der Waals surface area contributed by atoms with Crippen LogP contribution in [0.1, 0.15) is 28.9 Å². The molecule has 1 amide bonds. The Bertz CT molecular complexity index is 629. The van der Waals surface area contributed by atoms with E-state index in [4.69, 9.17) is 0 Å². The number of nitrogens with zero attached hydrogens (tertiary/aromatic N) is 1. The molecule has 0 fully saturated rings. The van der Waals surface area contributed by atoms with Gasteiger partial charge in [0.2, 0.25) is 5.95 Å². The quantitative estimate of drug-likeness (QED) is 0.878. The third kappa shape index (κ3) is 3.14. The summed E-state index contributed by atoms with van der Waals surface area (Å²) in [5.74, 6) is -2.46. The van der Waals surface area contributed by atoms with E-state index in [1.54, 1.807) is 0 Å². The van der Waals surface area contributed by atoms with Crippen molar-refractivity contribution in [3.8, 4) is 0 Å². The monoisotopic (exact) mass is 280 g/mol. The molecule has 0 saturated carbocycles. The van der Waals surface area contributed by atoms with Gasteiger partial charge in [0.15, 0.2) is 0 Å². The molecular weight excluding hydrogens is 269 g/mol. The van der Waals surface area contributed by atoms with Crippen molar-refractivity contribution in [2.24, 2.45) is 0 Å². The number of carbonyl (C=O) groups excluding carboxylic acids is 1. The van der Waals surface area contributed by atoms with Crippen molar-refractivity contribution in [2.45, 2.75) is 13.0 Å². The zero-order chi connectivity index (χ0) is 14.7. The van der Waals surface area contributed by atoms with Gasteiger partial charge >= 0.3 is 0 Å². The van der Waals surface area contributed by atoms with Crippen LogP contribution in [-0.2, 0) is 0 Å². The second kappa shape index (κ2) is 5.73. The number of hydrogen-bond donors (Lipinski definition) is 1. The molecule has 1 atom stereocenters. The van der Waals surface area contributed by atoms with Gasteiger partial charge in [-0.2, -0.15) is 4.39 Å². The van der Waals surface area contributed by atoms with Crippen molar-refractivity contribution >= 4 is 5.91 Å². The minimum absolute atomic E-state index is 0.0356. The highest BCUT2D eigenvalue weighted by Crippen LogP contribution is 2.18. The molecule has 1 heterocycles. The van der Waals surface area contributed by atoms with E-state index in [2.05, 4.69) is 10.3 Å². The lowest BCUT2D eigenvalue weighted by atomic mass is 10.1. The molecule has 0 saturated heterocycles. The van der Waals surface area contributed by atoms with Crippen molar-refractivity contribution in [1.29, 1.82) is 0 Å². The van der Waals surface area contributed by atoms with E-state index in [9.17, 15) is 18.0 Å². The van der Waals surface area contributed by atoms with Gasteiger partial charge in [-0.05, 0) is 37.3 Å². The molecule has 0 spiro atoms. The second-order valence-corrected chi connectivity index (χ2v) is 4.23. The van der Waals surface area contributed by atoms with Gasteiger partial charge in [0.05, 0.1) is 11.6 Å². The molecule has 2 aromatic rings. The minimum atomic E-state index is -0.733. The average molecular weight is 280 g/mol. The van der Waals surface area contributed by atoms with E-state index < -0.39 is 29.5 Å². The van der Waals surface area contributed by atoms with Crippen molar-refractivity contribution < 1.29 is 18.0 Å². The van der Waals surface area contributed by atoms with Gasteiger partial charge in [-0.1, -0.05) is 0 Å². The summed E-state index contributed by atoms with van der Waals surface area (Å²) < 4.78 is 39.3. The van der Waals surface area contributed by atoms with E-state index in [1.807, 2.05) is 0 Å². The van der Waals surface area contributed by atoms with Crippen LogP contribution in [-0.4, -0.2) is 10.9 Å². The fourth-order valence-corrected chi connectivity index (χ4v) is 1.71. The lowest BCUT2D eigenvalue weighted by Crippen LogP contribution is -2.27. The summed E-state index contributed by atoms with van der Waals surface area (Å²) in [7, 11) is 0. The van der Waals surface area contributed by atoms with Crippen LogP contribution in [0.4, 0.5) is 13.2 Å². The van der Waals surface area contributed by atoms with Crippen LogP contribution in [0.3, 0.4) is 0 Å². The highest BCUT2D eigenvalue weighted by atomic mass is 19.1. The standard InChI is InChI=1S/C14H11F3N2O/c1-8(11-6-10(15)3-4-12(11)16)19-14(20)9-2-5-13(17)18-7-9/h2-8H,1H3,(H,19,20). The predicted molar refractivity (Wildman–Crippen MR) is 66.4 cm³/mol. The number of pyridine rings is 1. The molecule has 1 aromatic carbocycles. The number of halogens is 3. The number of nitrogens with one attached hydrogen (secondary N) is 1. The minimum Gasteiger partial charge on any atom is -0.345 e. The van der Waals surface area contributed by atoms with E-state index >= 15 is 0 Å². The summed E-state index contributed by atoms with van der Waals surface area (Å²) in [6.45, 7) is 1.52. The summed E-state index contributed by atoms with van der Waals surface area (Å²) in [5.41, 5.74) is 0.170. The highest BCUT2D eigenvalue weighted by Gasteiger charge is 2.15. The smallest absolute Gasteiger partial charge is 0.253 e. The van der Waals surface area contributed by atoms with Crippen molar-refractivity contribution in [2.75, 3.05) is 0 Å². The Labute approximate surface area is 113 Å². The van der Waals surface area contributed by atoms with Gasteiger partial charge in [-0.25, -0.2) is 13.8 Å². The molecule has 6 heteroatoms. The molecule has 0 bridgehead atoms. The Morgan fingerprint density at radius 1 is 1.20 bits per heavy atom. The summed E-state index contributed by atoms with van der Waals surface area (Å²) in [5, 5.41) is 2.49. The van der Waals surface area contributed by atoms with Crippen LogP contribution in [0.5, 0.6) is 0 Å². The fraction of sp³-hybridized carbons (Fsp3) is 0.143. The molecule has 0 radical (unpaired) electrons. The molecule has 2 rings (SSSR count). The molecule has 104 valence electrons. The van der Waals surface area contributed by atoms with Crippen LogP contribution >= 0.6 is 0 Å². The zero-order valence-electron chi connectivity index (χ0n) is 10.5. The first kappa shape index (κ1) is 14.0. The molecule has 20 heavy (non-hydrogen) atoms. The first-order chi connectivity index (χ1) is 9.47. The fourth-order valence-electron chi connectivity index (χ4n) is 1.71. The van der Waals surface area contributed by atoms with Gasteiger partial charge < -0.3 is 5.32 Å². The largest absolute Gasteiger partial charge is 0.345 e. The molecule has 0 aliphatic carbocycles. The van der Waals surface area contributed by atoms with Crippen molar-refractivity contribution in [1.82, 2.24) is 10.3 Å². The highest BCUT2D eigenvalue weighted by molar-refractivity contribution is 5.94. The van der Waals surface area contributed by atoms with Crippen LogP contribution < -0.4 is 5.32 Å². The van der Waals surface area contributed by atoms with E-state index in [1.165, 1.54) is 13.0 Å². The van der Waals surface area contributed by atoms with Gasteiger partial charge in [0, 0.05) is 11.8 Å². The number of benzene rings is 1. The molecular formula is C14H11F3N2O. The van der Waals surface area contributed by atoms with Crippen LogP contribution in [0, 0.1) is 17.6 Å². The zero-order valence-corrected chi connectivity index (χ0v) is 10.5. The molecule has 1 N–H and O–H groups in total. The first-order valence-electron chi connectivity index (χ1n) is 5.84. The molecule has 1 unspecified atom stereocenters. The van der Waals surface area contributed by atoms with Gasteiger partial charge in [-0.15, -0.1) is 0 Å². The predicted octanol–water partition coefficient (Wildman–Crippen LogP) is 2.99. The average Bonchev–Trinajstić information content (AvgIpc) is 2.42. The summed E-state index contributed by atoms with van der Waals surface area (Å²) in [4.78, 5) is 15.2. The van der Waals surface area contributed by atoms with Crippen LogP contribution in [0.25, 0.3) is 0 Å². The summed E-state index contributed by atoms with van der Waals surface area (Å²) in [6.07, 6.45) is 1.07. The lowest BCUT2D eigenvalue weighted by Gasteiger charge is -2.15. The van der Waals surface area contributed by atoms with Gasteiger partial charge in [0.25, 0.3) is 5.91 Å². The topological polar surface area (TPSA) is 42.0 Å². The number of amides is 1. The Morgan fingerprint density at radius 3 is 2.60 bits per heavy atom. The van der Waals surface area contributed by atoms with E-state index in [-0.39, 0.29) is 11.1 Å². The number of carbonyl (C=O) groups is 1. The number of hydrogen-bond acceptors (Lipinski definition) is 2. The van der Waals surface area contributed by atoms with Crippen LogP contribution in [0.2, 0.25) is 0 Å². The molecule has 0 aliphatic heterocycles. The summed E-state index contributed by atoms with van der Waals surface area (Å²) in [6, 6.07) is 4.57. The summed E-state index contributed by atoms with van der Waals surface area (Å²) >= 11 is 0. The maximum absolute atomic E-state index is 13.5. The Morgan fingerprint density at radius 2 is 1.95 bits per heavy atom. The third-order valence-corrected chi connectivity index (χ3v) is 2.76. The second-order valence-electron chi connectivity index (χ2n) is 4.23.